The molecule has 0 spiro atoms. The van der Waals surface area contributed by atoms with Gasteiger partial charge in [-0.25, -0.2) is 8.42 Å². The van der Waals surface area contributed by atoms with Crippen LogP contribution in [0.15, 0.2) is 21.7 Å². The summed E-state index contributed by atoms with van der Waals surface area (Å²) < 4.78 is 27.4. The molecule has 2 aliphatic rings. The van der Waals surface area contributed by atoms with Crippen LogP contribution >= 0.6 is 11.3 Å². The number of piperidine rings is 2. The maximum absolute atomic E-state index is 12.8. The van der Waals surface area contributed by atoms with E-state index < -0.39 is 10.0 Å². The molecule has 1 aromatic rings. The number of likely N-dealkylation sites (tertiary alicyclic amines) is 1. The van der Waals surface area contributed by atoms with Crippen LogP contribution < -0.4 is 5.32 Å². The zero-order valence-electron chi connectivity index (χ0n) is 17.1. The fourth-order valence-electron chi connectivity index (χ4n) is 4.65. The normalized spacial score (nSPS) is 28.8. The molecule has 3 heterocycles. The zero-order valence-corrected chi connectivity index (χ0v) is 18.8. The molecule has 0 aromatic carbocycles. The van der Waals surface area contributed by atoms with Crippen molar-refractivity contribution in [3.8, 4) is 0 Å². The molecule has 8 heteroatoms. The average molecular weight is 428 g/mol. The van der Waals surface area contributed by atoms with E-state index in [0.717, 1.165) is 32.5 Å². The maximum atomic E-state index is 12.8. The van der Waals surface area contributed by atoms with Crippen LogP contribution in [0.25, 0.3) is 0 Å². The van der Waals surface area contributed by atoms with Gasteiger partial charge in [0.15, 0.2) is 0 Å². The van der Waals surface area contributed by atoms with E-state index in [4.69, 9.17) is 0 Å². The van der Waals surface area contributed by atoms with E-state index in [2.05, 4.69) is 24.1 Å². The van der Waals surface area contributed by atoms with Crippen molar-refractivity contribution in [1.82, 2.24) is 14.5 Å². The highest BCUT2D eigenvalue weighted by Crippen LogP contribution is 2.26. The zero-order chi connectivity index (χ0) is 20.3. The van der Waals surface area contributed by atoms with E-state index in [9.17, 15) is 13.2 Å². The van der Waals surface area contributed by atoms with Crippen LogP contribution in [0.3, 0.4) is 0 Å². The van der Waals surface area contributed by atoms with Gasteiger partial charge in [-0.3, -0.25) is 4.79 Å². The van der Waals surface area contributed by atoms with Crippen molar-refractivity contribution in [2.75, 3.05) is 32.7 Å². The molecule has 1 N–H and O–H groups in total. The second-order valence-corrected chi connectivity index (χ2v) is 11.8. The smallest absolute Gasteiger partial charge is 0.252 e. The third-order valence-corrected chi connectivity index (χ3v) is 8.95. The van der Waals surface area contributed by atoms with Crippen molar-refractivity contribution in [2.45, 2.75) is 50.3 Å². The minimum Gasteiger partial charge on any atom is -0.352 e. The van der Waals surface area contributed by atoms with Gasteiger partial charge in [-0.2, -0.15) is 4.31 Å². The minimum absolute atomic E-state index is 0.0170. The number of carbonyl (C=O) groups excluding carboxylic acids is 1. The Kier molecular flexibility index (Phi) is 7.17. The molecule has 2 aliphatic heterocycles. The van der Waals surface area contributed by atoms with Crippen LogP contribution in [0.2, 0.25) is 0 Å². The lowest BCUT2D eigenvalue weighted by molar-refractivity contribution is -0.126. The Morgan fingerprint density at radius 2 is 2.00 bits per heavy atom. The van der Waals surface area contributed by atoms with E-state index in [0.29, 0.717) is 22.6 Å². The molecular weight excluding hydrogens is 394 g/mol. The van der Waals surface area contributed by atoms with E-state index in [-0.39, 0.29) is 24.4 Å². The van der Waals surface area contributed by atoms with Gasteiger partial charge in [0.1, 0.15) is 4.21 Å². The lowest BCUT2D eigenvalue weighted by Gasteiger charge is -2.37. The third-order valence-electron chi connectivity index (χ3n) is 5.71. The minimum atomic E-state index is -3.48. The summed E-state index contributed by atoms with van der Waals surface area (Å²) >= 11 is 1.23. The van der Waals surface area contributed by atoms with Crippen molar-refractivity contribution < 1.29 is 13.2 Å². The SMILES string of the molecule is CC1CC(C)CN(CC(C)NC(=O)C2CCCN(S(=O)(=O)c3cccs3)C2)C1. The first-order chi connectivity index (χ1) is 13.3. The van der Waals surface area contributed by atoms with Crippen molar-refractivity contribution in [2.24, 2.45) is 17.8 Å². The molecule has 3 rings (SSSR count). The lowest BCUT2D eigenvalue weighted by Crippen LogP contribution is -2.50. The predicted molar refractivity (Wildman–Crippen MR) is 113 cm³/mol. The highest BCUT2D eigenvalue weighted by Gasteiger charge is 2.34. The van der Waals surface area contributed by atoms with Crippen LogP contribution in [0.5, 0.6) is 0 Å². The van der Waals surface area contributed by atoms with Crippen LogP contribution in [0, 0.1) is 17.8 Å². The highest BCUT2D eigenvalue weighted by molar-refractivity contribution is 7.91. The van der Waals surface area contributed by atoms with Crippen LogP contribution in [-0.2, 0) is 14.8 Å². The Morgan fingerprint density at radius 1 is 1.29 bits per heavy atom. The van der Waals surface area contributed by atoms with Crippen molar-refractivity contribution in [1.29, 1.82) is 0 Å². The fourth-order valence-corrected chi connectivity index (χ4v) is 7.32. The van der Waals surface area contributed by atoms with Gasteiger partial charge < -0.3 is 10.2 Å². The Morgan fingerprint density at radius 3 is 2.64 bits per heavy atom. The maximum Gasteiger partial charge on any atom is 0.252 e. The molecular formula is C20H33N3O3S2. The Bertz CT molecular complexity index is 741. The number of hydrogen-bond donors (Lipinski definition) is 1. The molecule has 6 nitrogen and oxygen atoms in total. The summed E-state index contributed by atoms with van der Waals surface area (Å²) in [6.07, 6.45) is 2.74. The van der Waals surface area contributed by atoms with Gasteiger partial charge >= 0.3 is 0 Å². The van der Waals surface area contributed by atoms with Gasteiger partial charge in [-0.15, -0.1) is 11.3 Å². The van der Waals surface area contributed by atoms with E-state index >= 15 is 0 Å². The number of carbonyl (C=O) groups is 1. The number of sulfonamides is 1. The van der Waals surface area contributed by atoms with E-state index in [1.54, 1.807) is 17.5 Å². The van der Waals surface area contributed by atoms with Gasteiger partial charge in [0.25, 0.3) is 10.0 Å². The predicted octanol–water partition coefficient (Wildman–Crippen LogP) is 2.63. The van der Waals surface area contributed by atoms with Crippen molar-refractivity contribution >= 4 is 27.3 Å². The third kappa shape index (κ3) is 5.34. The second-order valence-electron chi connectivity index (χ2n) is 8.71. The number of hydrogen-bond acceptors (Lipinski definition) is 5. The number of nitrogens with one attached hydrogen (secondary N) is 1. The molecule has 158 valence electrons. The highest BCUT2D eigenvalue weighted by atomic mass is 32.2. The van der Waals surface area contributed by atoms with Crippen LogP contribution in [-0.4, -0.2) is 62.3 Å². The van der Waals surface area contributed by atoms with Crippen molar-refractivity contribution in [3.05, 3.63) is 17.5 Å². The molecule has 0 aliphatic carbocycles. The van der Waals surface area contributed by atoms with Gasteiger partial charge in [-0.1, -0.05) is 19.9 Å². The number of thiophene rings is 1. The van der Waals surface area contributed by atoms with Gasteiger partial charge in [0.2, 0.25) is 5.91 Å². The van der Waals surface area contributed by atoms with E-state index in [1.807, 2.05) is 6.92 Å². The molecule has 1 aromatic heterocycles. The first-order valence-corrected chi connectivity index (χ1v) is 12.6. The summed E-state index contributed by atoms with van der Waals surface area (Å²) in [4.78, 5) is 15.2. The lowest BCUT2D eigenvalue weighted by atomic mass is 9.91. The number of rotatable bonds is 6. The molecule has 28 heavy (non-hydrogen) atoms. The summed E-state index contributed by atoms with van der Waals surface area (Å²) in [5, 5.41) is 4.90. The monoisotopic (exact) mass is 427 g/mol. The first kappa shape index (κ1) is 21.7. The van der Waals surface area contributed by atoms with Crippen molar-refractivity contribution in [3.63, 3.8) is 0 Å². The topological polar surface area (TPSA) is 69.7 Å². The summed E-state index contributed by atoms with van der Waals surface area (Å²) in [5.41, 5.74) is 0. The summed E-state index contributed by atoms with van der Waals surface area (Å²) in [6, 6.07) is 3.44. The Labute approximate surface area is 173 Å². The molecule has 4 atom stereocenters. The fraction of sp³-hybridized carbons (Fsp3) is 0.750. The quantitative estimate of drug-likeness (QED) is 0.758. The molecule has 0 saturated carbocycles. The molecule has 0 bridgehead atoms. The summed E-state index contributed by atoms with van der Waals surface area (Å²) in [5.74, 6) is 1.10. The largest absolute Gasteiger partial charge is 0.352 e. The number of amides is 1. The standard InChI is InChI=1S/C20H33N3O3S2/c1-15-10-16(2)12-22(11-15)13-17(3)21-20(24)18-6-4-8-23(14-18)28(25,26)19-7-5-9-27-19/h5,7,9,15-18H,4,6,8,10-14H2,1-3H3,(H,21,24). The summed E-state index contributed by atoms with van der Waals surface area (Å²) in [6.45, 7) is 10.4. The summed E-state index contributed by atoms with van der Waals surface area (Å²) in [7, 11) is -3.48. The van der Waals surface area contributed by atoms with Gasteiger partial charge in [0.05, 0.1) is 5.92 Å². The molecule has 2 saturated heterocycles. The second kappa shape index (κ2) is 9.24. The molecule has 2 fully saturated rings. The van der Waals surface area contributed by atoms with Crippen LogP contribution in [0.1, 0.15) is 40.0 Å². The molecule has 1 amide bonds. The van der Waals surface area contributed by atoms with Gasteiger partial charge in [0, 0.05) is 38.8 Å². The molecule has 4 unspecified atom stereocenters. The Balaban J connectivity index is 1.54. The van der Waals surface area contributed by atoms with E-state index in [1.165, 1.54) is 22.1 Å². The number of nitrogens with zero attached hydrogens (tertiary/aromatic N) is 2. The van der Waals surface area contributed by atoms with Gasteiger partial charge in [-0.05, 0) is 49.5 Å². The average Bonchev–Trinajstić information content (AvgIpc) is 3.16. The first-order valence-electron chi connectivity index (χ1n) is 10.3. The Hall–Kier alpha value is -0.960. The van der Waals surface area contributed by atoms with Crippen LogP contribution in [0.4, 0.5) is 0 Å². The molecule has 0 radical (unpaired) electrons.